The van der Waals surface area contributed by atoms with Gasteiger partial charge in [0.15, 0.2) is 0 Å². The quantitative estimate of drug-likeness (QED) is 0.715. The number of hydrogen-bond acceptors (Lipinski definition) is 4. The van der Waals surface area contributed by atoms with E-state index in [4.69, 9.17) is 0 Å². The van der Waals surface area contributed by atoms with Crippen molar-refractivity contribution < 1.29 is 0 Å². The molecule has 86 valence electrons. The van der Waals surface area contributed by atoms with E-state index in [1.54, 1.807) is 0 Å². The molecule has 0 aliphatic rings. The van der Waals surface area contributed by atoms with Crippen molar-refractivity contribution in [3.05, 3.63) is 35.9 Å². The van der Waals surface area contributed by atoms with Crippen LogP contribution >= 0.6 is 0 Å². The van der Waals surface area contributed by atoms with Crippen molar-refractivity contribution in [2.75, 3.05) is 5.32 Å². The summed E-state index contributed by atoms with van der Waals surface area (Å²) in [4.78, 5) is 7.36. The van der Waals surface area contributed by atoms with Gasteiger partial charge < -0.3 is 0 Å². The molecule has 0 saturated carbocycles. The monoisotopic (exact) mass is 293 g/mol. The number of imidazole rings is 1. The predicted octanol–water partition coefficient (Wildman–Crippen LogP) is 1.33. The molecule has 2 aromatic heterocycles. The van der Waals surface area contributed by atoms with Crippen LogP contribution in [0.4, 0.5) is 5.69 Å². The van der Waals surface area contributed by atoms with Gasteiger partial charge in [0.1, 0.15) is 0 Å². The molecule has 3 aromatic rings. The first-order valence-electron chi connectivity index (χ1n) is 5.28. The molecule has 1 aromatic carbocycles. The summed E-state index contributed by atoms with van der Waals surface area (Å²) in [5.41, 5.74) is 4.10. The standard InChI is InChI=1S/C11H11N5Se/c1-7-12-5-8(14-7)6-13-9-3-2-4-10-11(9)16-17-15-10/h2-5,13H,6H2,1H3,(H,12,14). The van der Waals surface area contributed by atoms with Crippen LogP contribution < -0.4 is 5.32 Å². The van der Waals surface area contributed by atoms with Gasteiger partial charge in [-0.3, -0.25) is 0 Å². The third-order valence-electron chi connectivity index (χ3n) is 2.51. The van der Waals surface area contributed by atoms with Crippen LogP contribution in [0.5, 0.6) is 0 Å². The molecule has 0 aliphatic heterocycles. The Bertz CT molecular complexity index is 642. The molecule has 6 heteroatoms. The van der Waals surface area contributed by atoms with Crippen LogP contribution in [0, 0.1) is 6.92 Å². The van der Waals surface area contributed by atoms with E-state index >= 15 is 0 Å². The normalized spacial score (nSPS) is 10.9. The number of aromatic nitrogens is 4. The maximum absolute atomic E-state index is 4.42. The van der Waals surface area contributed by atoms with Crippen LogP contribution in [0.15, 0.2) is 24.4 Å². The zero-order valence-electron chi connectivity index (χ0n) is 9.27. The fraction of sp³-hybridized carbons (Fsp3) is 0.182. The van der Waals surface area contributed by atoms with E-state index in [0.717, 1.165) is 34.8 Å². The Morgan fingerprint density at radius 3 is 3.12 bits per heavy atom. The van der Waals surface area contributed by atoms with Gasteiger partial charge in [-0.25, -0.2) is 0 Å². The zero-order valence-corrected chi connectivity index (χ0v) is 11.0. The van der Waals surface area contributed by atoms with Gasteiger partial charge in [0.2, 0.25) is 0 Å². The minimum atomic E-state index is 0.0185. The molecule has 0 saturated heterocycles. The van der Waals surface area contributed by atoms with Crippen molar-refractivity contribution in [3.8, 4) is 0 Å². The Morgan fingerprint density at radius 2 is 2.29 bits per heavy atom. The number of aromatic amines is 1. The summed E-state index contributed by atoms with van der Waals surface area (Å²) < 4.78 is 8.78. The van der Waals surface area contributed by atoms with Crippen molar-refractivity contribution in [1.29, 1.82) is 0 Å². The topological polar surface area (TPSA) is 66.5 Å². The summed E-state index contributed by atoms with van der Waals surface area (Å²) in [7, 11) is 0. The average molecular weight is 292 g/mol. The third-order valence-corrected chi connectivity index (χ3v) is 3.65. The Morgan fingerprint density at radius 1 is 1.35 bits per heavy atom. The van der Waals surface area contributed by atoms with Gasteiger partial charge in [-0.2, -0.15) is 0 Å². The summed E-state index contributed by atoms with van der Waals surface area (Å²) in [6, 6.07) is 6.03. The summed E-state index contributed by atoms with van der Waals surface area (Å²) in [6.45, 7) is 2.67. The number of nitrogens with zero attached hydrogens (tertiary/aromatic N) is 3. The molecule has 2 N–H and O–H groups in total. The van der Waals surface area contributed by atoms with Crippen LogP contribution in [0.2, 0.25) is 0 Å². The van der Waals surface area contributed by atoms with Crippen molar-refractivity contribution in [2.24, 2.45) is 0 Å². The van der Waals surface area contributed by atoms with Crippen LogP contribution in [0.25, 0.3) is 11.0 Å². The summed E-state index contributed by atoms with van der Waals surface area (Å²) >= 11 is 0.0185. The molecular formula is C11H11N5Se. The minimum absolute atomic E-state index is 0.0185. The van der Waals surface area contributed by atoms with Gasteiger partial charge in [0, 0.05) is 0 Å². The summed E-state index contributed by atoms with van der Waals surface area (Å²) in [5.74, 6) is 0.933. The first kappa shape index (κ1) is 10.5. The summed E-state index contributed by atoms with van der Waals surface area (Å²) in [5, 5.41) is 3.36. The number of nitrogens with one attached hydrogen (secondary N) is 2. The van der Waals surface area contributed by atoms with Crippen molar-refractivity contribution in [1.82, 2.24) is 17.9 Å². The maximum atomic E-state index is 4.42. The molecule has 0 unspecified atom stereocenters. The van der Waals surface area contributed by atoms with Gasteiger partial charge in [-0.05, 0) is 0 Å². The first-order chi connectivity index (χ1) is 8.33. The second-order valence-corrected chi connectivity index (χ2v) is 4.89. The number of rotatable bonds is 3. The SMILES string of the molecule is Cc1ncc(CNc2cccc3n[se]nc23)[nH]1. The third kappa shape index (κ3) is 2.09. The van der Waals surface area contributed by atoms with Crippen molar-refractivity contribution in [3.63, 3.8) is 0 Å². The Hall–Kier alpha value is -1.65. The number of fused-ring (bicyclic) bond motifs is 1. The van der Waals surface area contributed by atoms with Gasteiger partial charge in [-0.1, -0.05) is 0 Å². The molecule has 17 heavy (non-hydrogen) atoms. The molecular weight excluding hydrogens is 281 g/mol. The van der Waals surface area contributed by atoms with Crippen LogP contribution in [0.1, 0.15) is 11.5 Å². The van der Waals surface area contributed by atoms with E-state index in [2.05, 4.69) is 23.2 Å². The average Bonchev–Trinajstić information content (AvgIpc) is 2.94. The van der Waals surface area contributed by atoms with E-state index in [1.165, 1.54) is 0 Å². The fourth-order valence-corrected chi connectivity index (χ4v) is 2.85. The van der Waals surface area contributed by atoms with Gasteiger partial charge in [0.05, 0.1) is 0 Å². The molecule has 5 nitrogen and oxygen atoms in total. The van der Waals surface area contributed by atoms with E-state index in [-0.39, 0.29) is 15.0 Å². The molecule has 0 amide bonds. The van der Waals surface area contributed by atoms with Gasteiger partial charge >= 0.3 is 104 Å². The molecule has 0 bridgehead atoms. The number of hydrogen-bond donors (Lipinski definition) is 2. The van der Waals surface area contributed by atoms with E-state index in [9.17, 15) is 0 Å². The first-order valence-corrected chi connectivity index (χ1v) is 6.82. The Labute approximate surface area is 105 Å². The van der Waals surface area contributed by atoms with Crippen LogP contribution in [0.3, 0.4) is 0 Å². The second kappa shape index (κ2) is 4.31. The molecule has 0 atom stereocenters. The Kier molecular flexibility index (Phi) is 2.66. The number of anilines is 1. The van der Waals surface area contributed by atoms with Gasteiger partial charge in [-0.15, -0.1) is 0 Å². The van der Waals surface area contributed by atoms with E-state index < -0.39 is 0 Å². The fourth-order valence-electron chi connectivity index (χ4n) is 1.70. The molecule has 2 heterocycles. The van der Waals surface area contributed by atoms with Crippen LogP contribution in [-0.4, -0.2) is 32.9 Å². The molecule has 3 rings (SSSR count). The molecule has 0 spiro atoms. The van der Waals surface area contributed by atoms with Crippen LogP contribution in [-0.2, 0) is 6.54 Å². The molecule has 0 fully saturated rings. The molecule has 0 aliphatic carbocycles. The zero-order chi connectivity index (χ0) is 11.7. The van der Waals surface area contributed by atoms with E-state index in [0.29, 0.717) is 0 Å². The van der Waals surface area contributed by atoms with E-state index in [1.807, 2.05) is 31.3 Å². The Balaban J connectivity index is 1.83. The van der Waals surface area contributed by atoms with Crippen molar-refractivity contribution in [2.45, 2.75) is 13.5 Å². The second-order valence-electron chi connectivity index (χ2n) is 3.78. The number of benzene rings is 1. The number of aryl methyl sites for hydroxylation is 1. The van der Waals surface area contributed by atoms with Gasteiger partial charge in [0.25, 0.3) is 0 Å². The predicted molar refractivity (Wildman–Crippen MR) is 67.1 cm³/mol. The number of H-pyrrole nitrogens is 1. The van der Waals surface area contributed by atoms with Crippen molar-refractivity contribution >= 4 is 31.7 Å². The molecule has 0 radical (unpaired) electrons. The summed E-state index contributed by atoms with van der Waals surface area (Å²) in [6.07, 6.45) is 1.84.